The molecule has 0 spiro atoms. The first-order chi connectivity index (χ1) is 5.84. The van der Waals surface area contributed by atoms with E-state index in [1.165, 1.54) is 0 Å². The predicted octanol–water partition coefficient (Wildman–Crippen LogP) is 1.06. The summed E-state index contributed by atoms with van der Waals surface area (Å²) in [5.41, 5.74) is -1.73. The average molecular weight is 198 g/mol. The van der Waals surface area contributed by atoms with Crippen LogP contribution >= 0.6 is 0 Å². The molecular formula is C7H6F4O2. The van der Waals surface area contributed by atoms with Crippen molar-refractivity contribution in [1.82, 2.24) is 0 Å². The fourth-order valence-electron chi connectivity index (χ4n) is 0.993. The Morgan fingerprint density at radius 2 is 1.77 bits per heavy atom. The zero-order chi connectivity index (χ0) is 10.2. The normalized spacial score (nSPS) is 29.7. The topological polar surface area (TPSA) is 40.5 Å². The van der Waals surface area contributed by atoms with Crippen LogP contribution in [-0.4, -0.2) is 28.6 Å². The Morgan fingerprint density at radius 3 is 2.15 bits per heavy atom. The van der Waals surface area contributed by atoms with Gasteiger partial charge in [-0.25, -0.2) is 4.39 Å². The molecule has 0 radical (unpaired) electrons. The van der Waals surface area contributed by atoms with Gasteiger partial charge in [0.25, 0.3) is 0 Å². The molecule has 0 unspecified atom stereocenters. The van der Waals surface area contributed by atoms with Gasteiger partial charge in [-0.3, -0.25) is 0 Å². The second-order valence-corrected chi connectivity index (χ2v) is 2.55. The van der Waals surface area contributed by atoms with Crippen LogP contribution < -0.4 is 0 Å². The van der Waals surface area contributed by atoms with Crippen LogP contribution in [0.5, 0.6) is 0 Å². The van der Waals surface area contributed by atoms with Crippen molar-refractivity contribution in [3.05, 3.63) is 23.6 Å². The lowest BCUT2D eigenvalue weighted by molar-refractivity contribution is -0.115. The number of allylic oxidation sites excluding steroid dienone is 2. The highest BCUT2D eigenvalue weighted by Crippen LogP contribution is 2.35. The molecule has 0 saturated carbocycles. The van der Waals surface area contributed by atoms with Crippen molar-refractivity contribution in [2.45, 2.75) is 18.4 Å². The molecule has 1 aliphatic carbocycles. The van der Waals surface area contributed by atoms with E-state index in [0.29, 0.717) is 6.08 Å². The first kappa shape index (κ1) is 10.2. The Labute approximate surface area is 70.8 Å². The molecule has 6 heteroatoms. The molecular weight excluding hydrogens is 192 g/mol. The summed E-state index contributed by atoms with van der Waals surface area (Å²) in [6, 6.07) is 0. The van der Waals surface area contributed by atoms with Crippen molar-refractivity contribution in [1.29, 1.82) is 0 Å². The van der Waals surface area contributed by atoms with Crippen molar-refractivity contribution in [2.24, 2.45) is 0 Å². The summed E-state index contributed by atoms with van der Waals surface area (Å²) in [6.07, 6.45) is -7.67. The van der Waals surface area contributed by atoms with Crippen LogP contribution in [0.25, 0.3) is 0 Å². The average Bonchev–Trinajstić information content (AvgIpc) is 1.95. The molecule has 13 heavy (non-hydrogen) atoms. The number of hydrogen-bond donors (Lipinski definition) is 2. The summed E-state index contributed by atoms with van der Waals surface area (Å²) < 4.78 is 48.6. The molecule has 0 aliphatic heterocycles. The lowest BCUT2D eigenvalue weighted by atomic mass is 9.98. The van der Waals surface area contributed by atoms with Crippen LogP contribution in [0.1, 0.15) is 0 Å². The highest BCUT2D eigenvalue weighted by Gasteiger charge is 2.44. The maximum Gasteiger partial charge on any atom is 0.418 e. The summed E-state index contributed by atoms with van der Waals surface area (Å²) >= 11 is 0. The molecule has 2 atom stereocenters. The fourth-order valence-corrected chi connectivity index (χ4v) is 0.993. The second kappa shape index (κ2) is 3.12. The first-order valence-corrected chi connectivity index (χ1v) is 3.35. The molecule has 2 nitrogen and oxygen atoms in total. The van der Waals surface area contributed by atoms with Gasteiger partial charge in [-0.2, -0.15) is 13.2 Å². The number of halogens is 4. The van der Waals surface area contributed by atoms with Gasteiger partial charge >= 0.3 is 6.18 Å². The van der Waals surface area contributed by atoms with E-state index in [0.717, 1.165) is 6.08 Å². The monoisotopic (exact) mass is 198 g/mol. The molecule has 0 saturated heterocycles. The van der Waals surface area contributed by atoms with Crippen LogP contribution in [0.3, 0.4) is 0 Å². The van der Waals surface area contributed by atoms with Crippen LogP contribution in [0.15, 0.2) is 23.6 Å². The number of hydrogen-bond acceptors (Lipinski definition) is 2. The Hall–Kier alpha value is -0.880. The third kappa shape index (κ3) is 1.89. The maximum atomic E-state index is 12.6. The maximum absolute atomic E-state index is 12.6. The van der Waals surface area contributed by atoms with E-state index in [9.17, 15) is 17.6 Å². The summed E-state index contributed by atoms with van der Waals surface area (Å²) in [7, 11) is 0. The van der Waals surface area contributed by atoms with Gasteiger partial charge in [-0.1, -0.05) is 6.08 Å². The van der Waals surface area contributed by atoms with Gasteiger partial charge in [-0.05, 0) is 6.08 Å². The fraction of sp³-hybridized carbons (Fsp3) is 0.429. The van der Waals surface area contributed by atoms with Crippen molar-refractivity contribution >= 4 is 0 Å². The molecule has 1 aliphatic rings. The molecule has 2 N–H and O–H groups in total. The molecule has 74 valence electrons. The minimum atomic E-state index is -4.96. The van der Waals surface area contributed by atoms with Gasteiger partial charge < -0.3 is 10.2 Å². The van der Waals surface area contributed by atoms with E-state index in [1.807, 2.05) is 0 Å². The molecule has 0 aromatic rings. The molecule has 0 aromatic carbocycles. The minimum Gasteiger partial charge on any atom is -0.386 e. The smallest absolute Gasteiger partial charge is 0.386 e. The van der Waals surface area contributed by atoms with Crippen LogP contribution in [0.2, 0.25) is 0 Å². The van der Waals surface area contributed by atoms with Gasteiger partial charge in [0.05, 0.1) is 5.57 Å². The third-order valence-electron chi connectivity index (χ3n) is 1.62. The van der Waals surface area contributed by atoms with E-state index in [1.54, 1.807) is 0 Å². The molecule has 1 rings (SSSR count). The predicted molar refractivity (Wildman–Crippen MR) is 35.3 cm³/mol. The number of aliphatic hydroxyl groups excluding tert-OH is 2. The largest absolute Gasteiger partial charge is 0.418 e. The van der Waals surface area contributed by atoms with Crippen molar-refractivity contribution in [3.63, 3.8) is 0 Å². The lowest BCUT2D eigenvalue weighted by Crippen LogP contribution is -2.35. The van der Waals surface area contributed by atoms with E-state index in [2.05, 4.69) is 0 Å². The standard InChI is InChI=1S/C7H6F4O2/c8-3-1-2-4(12)6(13)5(3)7(9,10)11/h1-2,4,6,12-13H/t4-,6-/m1/s1. The van der Waals surface area contributed by atoms with Crippen LogP contribution in [-0.2, 0) is 0 Å². The highest BCUT2D eigenvalue weighted by molar-refractivity contribution is 5.33. The van der Waals surface area contributed by atoms with Gasteiger partial charge in [0.15, 0.2) is 0 Å². The number of aliphatic hydroxyl groups is 2. The van der Waals surface area contributed by atoms with Gasteiger partial charge in [0.2, 0.25) is 0 Å². The third-order valence-corrected chi connectivity index (χ3v) is 1.62. The lowest BCUT2D eigenvalue weighted by Gasteiger charge is -2.23. The highest BCUT2D eigenvalue weighted by atomic mass is 19.4. The summed E-state index contributed by atoms with van der Waals surface area (Å²) in [5, 5.41) is 17.6. The van der Waals surface area contributed by atoms with Gasteiger partial charge in [-0.15, -0.1) is 0 Å². The number of rotatable bonds is 0. The molecule has 0 aromatic heterocycles. The molecule has 0 heterocycles. The van der Waals surface area contributed by atoms with Crippen LogP contribution in [0, 0.1) is 0 Å². The Kier molecular flexibility index (Phi) is 2.44. The zero-order valence-corrected chi connectivity index (χ0v) is 6.22. The van der Waals surface area contributed by atoms with Crippen molar-refractivity contribution in [3.8, 4) is 0 Å². The zero-order valence-electron chi connectivity index (χ0n) is 6.22. The molecule has 0 bridgehead atoms. The SMILES string of the molecule is O[C@@H]1C=CC(F)=C(C(F)(F)F)[C@@H]1O. The first-order valence-electron chi connectivity index (χ1n) is 3.35. The van der Waals surface area contributed by atoms with Gasteiger partial charge in [0, 0.05) is 0 Å². The van der Waals surface area contributed by atoms with E-state index >= 15 is 0 Å². The molecule has 0 fully saturated rings. The Bertz CT molecular complexity index is 266. The Balaban J connectivity index is 3.10. The number of alkyl halides is 3. The van der Waals surface area contributed by atoms with Crippen molar-refractivity contribution in [2.75, 3.05) is 0 Å². The minimum absolute atomic E-state index is 0.486. The van der Waals surface area contributed by atoms with Crippen molar-refractivity contribution < 1.29 is 27.8 Å². The summed E-state index contributed by atoms with van der Waals surface area (Å²) in [5.74, 6) is -1.56. The summed E-state index contributed by atoms with van der Waals surface area (Å²) in [6.45, 7) is 0. The summed E-state index contributed by atoms with van der Waals surface area (Å²) in [4.78, 5) is 0. The van der Waals surface area contributed by atoms with E-state index < -0.39 is 29.8 Å². The van der Waals surface area contributed by atoms with E-state index in [4.69, 9.17) is 10.2 Å². The Morgan fingerprint density at radius 1 is 1.23 bits per heavy atom. The quantitative estimate of drug-likeness (QED) is 0.571. The van der Waals surface area contributed by atoms with Crippen LogP contribution in [0.4, 0.5) is 17.6 Å². The molecule has 0 amide bonds. The van der Waals surface area contributed by atoms with Gasteiger partial charge in [0.1, 0.15) is 18.0 Å². The van der Waals surface area contributed by atoms with E-state index in [-0.39, 0.29) is 0 Å². The second-order valence-electron chi connectivity index (χ2n) is 2.55.